The van der Waals surface area contributed by atoms with E-state index in [0.717, 1.165) is 11.1 Å². The van der Waals surface area contributed by atoms with E-state index in [2.05, 4.69) is 4.98 Å². The van der Waals surface area contributed by atoms with Gasteiger partial charge in [-0.15, -0.1) is 0 Å². The number of carbonyl (C=O) groups is 1. The third-order valence-corrected chi connectivity index (χ3v) is 3.20. The van der Waals surface area contributed by atoms with Crippen LogP contribution in [0.15, 0.2) is 84.8 Å². The number of hydrogen-bond acceptors (Lipinski definition) is 5. The van der Waals surface area contributed by atoms with E-state index in [9.17, 15) is 4.79 Å². The van der Waals surface area contributed by atoms with Gasteiger partial charge in [0.05, 0.1) is 0 Å². The highest BCUT2D eigenvalue weighted by Gasteiger charge is 2.09. The molecule has 0 bridgehead atoms. The summed E-state index contributed by atoms with van der Waals surface area (Å²) in [6, 6.07) is 3.55. The van der Waals surface area contributed by atoms with Crippen LogP contribution in [0.25, 0.3) is 0 Å². The van der Waals surface area contributed by atoms with Gasteiger partial charge in [-0.05, 0) is 35.5 Å². The lowest BCUT2D eigenvalue weighted by Crippen LogP contribution is -2.21. The zero-order valence-electron chi connectivity index (χ0n) is 12.2. The quantitative estimate of drug-likeness (QED) is 0.921. The number of aromatic nitrogens is 1. The van der Waals surface area contributed by atoms with Crippen LogP contribution in [0.2, 0.25) is 0 Å². The summed E-state index contributed by atoms with van der Waals surface area (Å²) in [5, 5.41) is 10.4. The molecule has 0 amide bonds. The van der Waals surface area contributed by atoms with Crippen molar-refractivity contribution in [1.82, 2.24) is 14.9 Å². The summed E-state index contributed by atoms with van der Waals surface area (Å²) in [6.07, 6.45) is 18.1. The standard InChI is InChI=1S/C17H15N3O3/c21-17(22)13-19-9-3-14(4-10-19)15-5-11-20(12-6-15)23-16-1-7-18-8-2-16/h1-12H,13H2,(H,21,22). The van der Waals surface area contributed by atoms with Gasteiger partial charge in [0.25, 0.3) is 0 Å². The molecule has 0 radical (unpaired) electrons. The van der Waals surface area contributed by atoms with Crippen molar-refractivity contribution in [3.05, 3.63) is 84.8 Å². The minimum absolute atomic E-state index is 0.0468. The van der Waals surface area contributed by atoms with Crippen molar-refractivity contribution in [3.63, 3.8) is 0 Å². The fraction of sp³-hybridized carbons (Fsp3) is 0.0588. The third-order valence-electron chi connectivity index (χ3n) is 3.20. The predicted molar refractivity (Wildman–Crippen MR) is 84.6 cm³/mol. The van der Waals surface area contributed by atoms with E-state index < -0.39 is 5.97 Å². The van der Waals surface area contributed by atoms with Crippen molar-refractivity contribution in [2.24, 2.45) is 0 Å². The van der Waals surface area contributed by atoms with E-state index in [1.807, 2.05) is 36.7 Å². The van der Waals surface area contributed by atoms with E-state index in [1.165, 1.54) is 0 Å². The Morgan fingerprint density at radius 2 is 1.57 bits per heavy atom. The maximum absolute atomic E-state index is 10.7. The van der Waals surface area contributed by atoms with Crippen LogP contribution in [0, 0.1) is 0 Å². The van der Waals surface area contributed by atoms with Crippen LogP contribution in [-0.4, -0.2) is 32.6 Å². The molecule has 0 unspecified atom stereocenters. The number of hydrogen-bond donors (Lipinski definition) is 1. The number of allylic oxidation sites excluding steroid dienone is 6. The lowest BCUT2D eigenvalue weighted by Gasteiger charge is -2.21. The Kier molecular flexibility index (Phi) is 4.24. The van der Waals surface area contributed by atoms with Crippen molar-refractivity contribution < 1.29 is 14.7 Å². The molecule has 3 rings (SSSR count). The van der Waals surface area contributed by atoms with Crippen molar-refractivity contribution in [2.45, 2.75) is 0 Å². The molecule has 0 fully saturated rings. The van der Waals surface area contributed by atoms with E-state index >= 15 is 0 Å². The number of aliphatic carboxylic acids is 1. The van der Waals surface area contributed by atoms with E-state index in [-0.39, 0.29) is 6.54 Å². The van der Waals surface area contributed by atoms with E-state index in [4.69, 9.17) is 9.94 Å². The topological polar surface area (TPSA) is 65.9 Å². The van der Waals surface area contributed by atoms with Gasteiger partial charge in [-0.2, -0.15) is 5.06 Å². The molecule has 0 saturated heterocycles. The van der Waals surface area contributed by atoms with Crippen LogP contribution in [-0.2, 0) is 4.79 Å². The molecule has 1 aromatic rings. The molecule has 23 heavy (non-hydrogen) atoms. The number of carboxylic acid groups (broad SMARTS) is 1. The van der Waals surface area contributed by atoms with Crippen LogP contribution in [0.3, 0.4) is 0 Å². The Morgan fingerprint density at radius 1 is 1.00 bits per heavy atom. The van der Waals surface area contributed by atoms with Crippen molar-refractivity contribution in [1.29, 1.82) is 0 Å². The zero-order chi connectivity index (χ0) is 16.1. The van der Waals surface area contributed by atoms with Crippen LogP contribution < -0.4 is 4.84 Å². The molecule has 0 aliphatic carbocycles. The van der Waals surface area contributed by atoms with Gasteiger partial charge in [-0.25, -0.2) is 0 Å². The summed E-state index contributed by atoms with van der Waals surface area (Å²) in [5.41, 5.74) is 2.02. The molecule has 116 valence electrons. The van der Waals surface area contributed by atoms with Crippen molar-refractivity contribution >= 4 is 5.97 Å². The van der Waals surface area contributed by atoms with Gasteiger partial charge in [-0.3, -0.25) is 9.78 Å². The van der Waals surface area contributed by atoms with Gasteiger partial charge in [0.1, 0.15) is 6.54 Å². The normalized spacial score (nSPS) is 16.2. The highest BCUT2D eigenvalue weighted by molar-refractivity contribution is 5.69. The van der Waals surface area contributed by atoms with Crippen LogP contribution in [0.1, 0.15) is 0 Å². The molecule has 6 heteroatoms. The lowest BCUT2D eigenvalue weighted by molar-refractivity contribution is -0.137. The van der Waals surface area contributed by atoms with Gasteiger partial charge < -0.3 is 14.8 Å². The molecule has 1 N–H and O–H groups in total. The zero-order valence-corrected chi connectivity index (χ0v) is 12.2. The molecular formula is C17H15N3O3. The molecule has 0 atom stereocenters. The number of carboxylic acids is 1. The molecule has 2 aliphatic rings. The number of hydroxylamine groups is 2. The smallest absolute Gasteiger partial charge is 0.323 e. The Labute approximate surface area is 133 Å². The van der Waals surface area contributed by atoms with Crippen LogP contribution in [0.5, 0.6) is 5.75 Å². The third kappa shape index (κ3) is 3.88. The van der Waals surface area contributed by atoms with Gasteiger partial charge in [0.15, 0.2) is 5.75 Å². The predicted octanol–water partition coefficient (Wildman–Crippen LogP) is 2.44. The average molecular weight is 309 g/mol. The fourth-order valence-electron chi connectivity index (χ4n) is 2.10. The highest BCUT2D eigenvalue weighted by atomic mass is 16.7. The largest absolute Gasteiger partial charge is 0.480 e. The minimum atomic E-state index is -0.864. The minimum Gasteiger partial charge on any atom is -0.480 e. The van der Waals surface area contributed by atoms with Crippen LogP contribution in [0.4, 0.5) is 0 Å². The Balaban J connectivity index is 1.64. The first-order valence-electron chi connectivity index (χ1n) is 7.02. The SMILES string of the molecule is O=C(O)CN1C=CC(=C2C=CN(Oc3ccncc3)C=C2)C=C1. The Hall–Kier alpha value is -3.28. The monoisotopic (exact) mass is 309 g/mol. The van der Waals surface area contributed by atoms with Gasteiger partial charge in [0, 0.05) is 49.3 Å². The summed E-state index contributed by atoms with van der Waals surface area (Å²) in [6.45, 7) is -0.0468. The second-order valence-electron chi connectivity index (χ2n) is 4.87. The first-order chi connectivity index (χ1) is 11.2. The number of pyridine rings is 1. The molecule has 6 nitrogen and oxygen atoms in total. The molecule has 2 aliphatic heterocycles. The summed E-state index contributed by atoms with van der Waals surface area (Å²) < 4.78 is 0. The van der Waals surface area contributed by atoms with Gasteiger partial charge >= 0.3 is 5.97 Å². The molecule has 3 heterocycles. The van der Waals surface area contributed by atoms with Crippen LogP contribution >= 0.6 is 0 Å². The molecule has 0 aromatic carbocycles. The maximum atomic E-state index is 10.7. The first-order valence-corrected chi connectivity index (χ1v) is 7.02. The average Bonchev–Trinajstić information content (AvgIpc) is 2.57. The van der Waals surface area contributed by atoms with Crippen molar-refractivity contribution in [2.75, 3.05) is 6.54 Å². The summed E-state index contributed by atoms with van der Waals surface area (Å²) in [4.78, 5) is 21.9. The highest BCUT2D eigenvalue weighted by Crippen LogP contribution is 2.20. The Bertz CT molecular complexity index is 701. The first kappa shape index (κ1) is 14.6. The van der Waals surface area contributed by atoms with E-state index in [0.29, 0.717) is 5.75 Å². The second-order valence-corrected chi connectivity index (χ2v) is 4.87. The van der Waals surface area contributed by atoms with E-state index in [1.54, 1.807) is 46.9 Å². The molecular weight excluding hydrogens is 294 g/mol. The summed E-state index contributed by atoms with van der Waals surface area (Å²) >= 11 is 0. The molecule has 0 spiro atoms. The summed E-state index contributed by atoms with van der Waals surface area (Å²) in [7, 11) is 0. The molecule has 0 saturated carbocycles. The second kappa shape index (κ2) is 6.65. The molecule has 1 aromatic heterocycles. The fourth-order valence-corrected chi connectivity index (χ4v) is 2.10. The number of rotatable bonds is 4. The Morgan fingerprint density at radius 3 is 2.13 bits per heavy atom. The van der Waals surface area contributed by atoms with Crippen molar-refractivity contribution in [3.8, 4) is 5.75 Å². The number of nitrogens with zero attached hydrogens (tertiary/aromatic N) is 3. The van der Waals surface area contributed by atoms with Gasteiger partial charge in [-0.1, -0.05) is 0 Å². The maximum Gasteiger partial charge on any atom is 0.323 e. The summed E-state index contributed by atoms with van der Waals surface area (Å²) in [5.74, 6) is -0.163. The lowest BCUT2D eigenvalue weighted by atomic mass is 10.1. The van der Waals surface area contributed by atoms with Gasteiger partial charge in [0.2, 0.25) is 0 Å².